The van der Waals surface area contributed by atoms with Gasteiger partial charge in [-0.25, -0.2) is 4.98 Å². The summed E-state index contributed by atoms with van der Waals surface area (Å²) in [5, 5.41) is 0. The highest BCUT2D eigenvalue weighted by Gasteiger charge is 2.35. The molecule has 0 saturated carbocycles. The van der Waals surface area contributed by atoms with Crippen molar-refractivity contribution >= 4 is 11.1 Å². The fraction of sp³-hybridized carbons (Fsp3) is 0.368. The molecule has 0 aromatic heterocycles. The van der Waals surface area contributed by atoms with Gasteiger partial charge in [-0.15, -0.1) is 0 Å². The Balaban J connectivity index is 1.50. The Morgan fingerprint density at radius 2 is 2.00 bits per heavy atom. The lowest BCUT2D eigenvalue weighted by Gasteiger charge is -2.44. The predicted octanol–water partition coefficient (Wildman–Crippen LogP) is 2.77. The summed E-state index contributed by atoms with van der Waals surface area (Å²) in [7, 11) is 0. The number of benzene rings is 2. The molecule has 0 spiro atoms. The van der Waals surface area contributed by atoms with Crippen molar-refractivity contribution in [3.05, 3.63) is 46.6 Å². The molecule has 6 rings (SSSR count). The van der Waals surface area contributed by atoms with E-state index < -0.39 is 0 Å². The van der Waals surface area contributed by atoms with Crippen LogP contribution in [0.3, 0.4) is 0 Å². The van der Waals surface area contributed by atoms with Crippen LogP contribution in [-0.2, 0) is 0 Å². The number of piperidine rings is 3. The van der Waals surface area contributed by atoms with Crippen LogP contribution >= 0.6 is 0 Å². The molecule has 1 atom stereocenters. The standard InChI is InChI=1S/C19H18N2O3/c22-13-1-3-15-17(9-13)24-18-10-14(2-4-16(18)20-15)23-19-11-21-7-5-12(19)6-8-21/h1-4,9-10,12,19H,5-8,11H2/t19-/m1/s1. The fourth-order valence-corrected chi connectivity index (χ4v) is 3.88. The predicted molar refractivity (Wildman–Crippen MR) is 90.5 cm³/mol. The fourth-order valence-electron chi connectivity index (χ4n) is 3.88. The van der Waals surface area contributed by atoms with Crippen LogP contribution in [0.25, 0.3) is 22.6 Å². The van der Waals surface area contributed by atoms with Gasteiger partial charge < -0.3 is 9.15 Å². The van der Waals surface area contributed by atoms with Gasteiger partial charge in [0.2, 0.25) is 0 Å². The Bertz CT molecular complexity index is 927. The number of rotatable bonds is 2. The molecule has 2 bridgehead atoms. The first-order valence-corrected chi connectivity index (χ1v) is 8.48. The molecule has 1 aromatic carbocycles. The van der Waals surface area contributed by atoms with E-state index in [4.69, 9.17) is 9.15 Å². The zero-order valence-corrected chi connectivity index (χ0v) is 13.3. The Kier molecular flexibility index (Phi) is 3.10. The molecule has 3 saturated heterocycles. The third-order valence-electron chi connectivity index (χ3n) is 5.21. The van der Waals surface area contributed by atoms with Crippen molar-refractivity contribution in [2.75, 3.05) is 19.6 Å². The Morgan fingerprint density at radius 3 is 2.79 bits per heavy atom. The van der Waals surface area contributed by atoms with Gasteiger partial charge in [0.15, 0.2) is 16.8 Å². The van der Waals surface area contributed by atoms with Crippen LogP contribution in [0.1, 0.15) is 12.8 Å². The van der Waals surface area contributed by atoms with Gasteiger partial charge in [0.25, 0.3) is 0 Å². The highest BCUT2D eigenvalue weighted by atomic mass is 16.5. The molecule has 3 fully saturated rings. The molecule has 0 radical (unpaired) electrons. The minimum atomic E-state index is -0.0768. The average Bonchev–Trinajstić information content (AvgIpc) is 2.61. The Labute approximate surface area is 139 Å². The quantitative estimate of drug-likeness (QED) is 0.679. The van der Waals surface area contributed by atoms with Crippen molar-refractivity contribution in [2.24, 2.45) is 5.92 Å². The summed E-state index contributed by atoms with van der Waals surface area (Å²) < 4.78 is 12.1. The topological polar surface area (TPSA) is 55.6 Å². The maximum Gasteiger partial charge on any atom is 0.182 e. The molecule has 5 aliphatic rings. The molecule has 0 amide bonds. The first-order chi connectivity index (χ1) is 11.7. The Morgan fingerprint density at radius 1 is 1.12 bits per heavy atom. The molecule has 5 nitrogen and oxygen atoms in total. The first kappa shape index (κ1) is 14.0. The third-order valence-corrected chi connectivity index (χ3v) is 5.21. The summed E-state index contributed by atoms with van der Waals surface area (Å²) in [5.74, 6) is 1.97. The van der Waals surface area contributed by atoms with Crippen LogP contribution in [0.4, 0.5) is 0 Å². The summed E-state index contributed by atoms with van der Waals surface area (Å²) in [6.45, 7) is 3.41. The summed E-state index contributed by atoms with van der Waals surface area (Å²) in [6.07, 6.45) is 2.70. The molecular formula is C19H18N2O3. The molecule has 4 heterocycles. The van der Waals surface area contributed by atoms with E-state index in [-0.39, 0.29) is 11.5 Å². The van der Waals surface area contributed by atoms with E-state index in [1.807, 2.05) is 18.2 Å². The van der Waals surface area contributed by atoms with Gasteiger partial charge in [0.1, 0.15) is 23.1 Å². The zero-order chi connectivity index (χ0) is 16.1. The maximum absolute atomic E-state index is 11.5. The van der Waals surface area contributed by atoms with Gasteiger partial charge in [-0.3, -0.25) is 9.69 Å². The van der Waals surface area contributed by atoms with Crippen molar-refractivity contribution in [1.29, 1.82) is 0 Å². The molecule has 5 heteroatoms. The van der Waals surface area contributed by atoms with Gasteiger partial charge >= 0.3 is 0 Å². The molecule has 1 aromatic rings. The number of nitrogens with zero attached hydrogens (tertiary/aromatic N) is 2. The van der Waals surface area contributed by atoms with E-state index >= 15 is 0 Å². The molecule has 4 aliphatic heterocycles. The monoisotopic (exact) mass is 322 g/mol. The lowest BCUT2D eigenvalue weighted by atomic mass is 9.86. The van der Waals surface area contributed by atoms with E-state index in [9.17, 15) is 4.79 Å². The van der Waals surface area contributed by atoms with Gasteiger partial charge in [-0.05, 0) is 56.1 Å². The van der Waals surface area contributed by atoms with Crippen LogP contribution in [0, 0.1) is 5.92 Å². The van der Waals surface area contributed by atoms with E-state index in [1.165, 1.54) is 38.1 Å². The lowest BCUT2D eigenvalue weighted by Crippen LogP contribution is -2.52. The average molecular weight is 322 g/mol. The molecule has 122 valence electrons. The van der Waals surface area contributed by atoms with Gasteiger partial charge in [0.05, 0.1) is 0 Å². The number of hydrogen-bond acceptors (Lipinski definition) is 5. The molecule has 0 N–H and O–H groups in total. The maximum atomic E-state index is 11.5. The van der Waals surface area contributed by atoms with E-state index in [0.29, 0.717) is 23.0 Å². The smallest absolute Gasteiger partial charge is 0.182 e. The largest absolute Gasteiger partial charge is 0.489 e. The van der Waals surface area contributed by atoms with Crippen LogP contribution in [0.2, 0.25) is 0 Å². The van der Waals surface area contributed by atoms with Crippen molar-refractivity contribution in [2.45, 2.75) is 18.9 Å². The minimum Gasteiger partial charge on any atom is -0.489 e. The van der Waals surface area contributed by atoms with Crippen molar-refractivity contribution in [1.82, 2.24) is 9.88 Å². The van der Waals surface area contributed by atoms with Crippen LogP contribution in [0.5, 0.6) is 5.75 Å². The van der Waals surface area contributed by atoms with Gasteiger partial charge in [-0.2, -0.15) is 0 Å². The molecule has 1 aliphatic carbocycles. The lowest BCUT2D eigenvalue weighted by molar-refractivity contribution is -0.00772. The second-order valence-electron chi connectivity index (χ2n) is 6.77. The third kappa shape index (κ3) is 2.36. The highest BCUT2D eigenvalue weighted by molar-refractivity contribution is 5.77. The second-order valence-corrected chi connectivity index (χ2v) is 6.77. The summed E-state index contributed by atoms with van der Waals surface area (Å²) >= 11 is 0. The zero-order valence-electron chi connectivity index (χ0n) is 13.3. The minimum absolute atomic E-state index is 0.0768. The van der Waals surface area contributed by atoms with Crippen molar-refractivity contribution in [3.63, 3.8) is 0 Å². The van der Waals surface area contributed by atoms with E-state index in [2.05, 4.69) is 9.88 Å². The molecule has 24 heavy (non-hydrogen) atoms. The number of hydrogen-bond donors (Lipinski definition) is 0. The van der Waals surface area contributed by atoms with Crippen molar-refractivity contribution < 1.29 is 9.15 Å². The number of fused-ring (bicyclic) bond motifs is 5. The summed E-state index contributed by atoms with van der Waals surface area (Å²) in [6, 6.07) is 10.4. The molecular weight excluding hydrogens is 304 g/mol. The van der Waals surface area contributed by atoms with Crippen LogP contribution in [-0.4, -0.2) is 35.6 Å². The summed E-state index contributed by atoms with van der Waals surface area (Å²) in [5.41, 5.74) is 2.02. The van der Waals surface area contributed by atoms with Crippen molar-refractivity contribution in [3.8, 4) is 17.2 Å². The van der Waals surface area contributed by atoms with E-state index in [0.717, 1.165) is 17.8 Å². The van der Waals surface area contributed by atoms with Gasteiger partial charge in [-0.1, -0.05) is 0 Å². The van der Waals surface area contributed by atoms with Crippen LogP contribution < -0.4 is 10.2 Å². The van der Waals surface area contributed by atoms with Gasteiger partial charge in [0, 0.05) is 18.7 Å². The normalized spacial score (nSPS) is 26.1. The second kappa shape index (κ2) is 5.31. The van der Waals surface area contributed by atoms with Crippen LogP contribution in [0.15, 0.2) is 45.6 Å². The highest BCUT2D eigenvalue weighted by Crippen LogP contribution is 2.32. The van der Waals surface area contributed by atoms with E-state index in [1.54, 1.807) is 6.07 Å². The Hall–Kier alpha value is -2.40. The molecule has 0 unspecified atom stereocenters. The number of aromatic nitrogens is 1. The SMILES string of the molecule is O=c1ccc2nc3ccc(O[C@@H]4CN5CCC4CC5)cc3oc-2c1. The summed E-state index contributed by atoms with van der Waals surface area (Å²) in [4.78, 5) is 18.5. The first-order valence-electron chi connectivity index (χ1n) is 8.48. The number of ether oxygens (including phenoxy) is 1.